The first kappa shape index (κ1) is 21.0. The fraction of sp³-hybridized carbons (Fsp3) is 0.238. The standard InChI is InChI=1S/C21H20Cl2N2O4/c1-4-12(2)29-19-16(23)9-13(11-18(19)28-3)10-17-20(26)25(21(27)24-17)15-7-5-14(22)6-8-15/h5-12H,4H2,1-3H3,(H,24,27)/b17-10+/t12-/m0/s1. The van der Waals surface area contributed by atoms with Crippen LogP contribution in [0.4, 0.5) is 10.5 Å². The van der Waals surface area contributed by atoms with Crippen LogP contribution in [0.5, 0.6) is 11.5 Å². The second kappa shape index (κ2) is 8.76. The van der Waals surface area contributed by atoms with Crippen LogP contribution in [0.3, 0.4) is 0 Å². The summed E-state index contributed by atoms with van der Waals surface area (Å²) in [4.78, 5) is 26.1. The largest absolute Gasteiger partial charge is 0.493 e. The average molecular weight is 435 g/mol. The number of hydrogen-bond acceptors (Lipinski definition) is 4. The molecule has 0 aliphatic carbocycles. The van der Waals surface area contributed by atoms with E-state index in [1.165, 1.54) is 13.2 Å². The summed E-state index contributed by atoms with van der Waals surface area (Å²) in [6, 6.07) is 9.23. The predicted octanol–water partition coefficient (Wildman–Crippen LogP) is 5.28. The fourth-order valence-electron chi connectivity index (χ4n) is 2.75. The van der Waals surface area contributed by atoms with Gasteiger partial charge in [-0.25, -0.2) is 9.69 Å². The number of nitrogens with zero attached hydrogens (tertiary/aromatic N) is 1. The summed E-state index contributed by atoms with van der Waals surface area (Å²) in [6.45, 7) is 3.94. The van der Waals surface area contributed by atoms with Crippen molar-refractivity contribution in [1.82, 2.24) is 5.32 Å². The number of hydrogen-bond donors (Lipinski definition) is 1. The molecule has 1 atom stereocenters. The highest BCUT2D eigenvalue weighted by molar-refractivity contribution is 6.33. The predicted molar refractivity (Wildman–Crippen MR) is 114 cm³/mol. The van der Waals surface area contributed by atoms with Crippen molar-refractivity contribution >= 4 is 46.9 Å². The average Bonchev–Trinajstić information content (AvgIpc) is 2.97. The van der Waals surface area contributed by atoms with E-state index in [0.29, 0.717) is 32.8 Å². The Morgan fingerprint density at radius 3 is 2.48 bits per heavy atom. The molecule has 2 aromatic carbocycles. The number of amides is 3. The number of methoxy groups -OCH3 is 1. The number of ether oxygens (including phenoxy) is 2. The van der Waals surface area contributed by atoms with E-state index in [4.69, 9.17) is 32.7 Å². The van der Waals surface area contributed by atoms with Crippen LogP contribution in [0, 0.1) is 0 Å². The number of benzene rings is 2. The third-order valence-corrected chi connectivity index (χ3v) is 4.95. The van der Waals surface area contributed by atoms with Crippen molar-refractivity contribution in [2.75, 3.05) is 12.0 Å². The number of anilines is 1. The summed E-state index contributed by atoms with van der Waals surface area (Å²) in [6.07, 6.45) is 2.32. The molecule has 0 aromatic heterocycles. The number of halogens is 2. The van der Waals surface area contributed by atoms with Gasteiger partial charge in [0.15, 0.2) is 11.5 Å². The van der Waals surface area contributed by atoms with E-state index in [1.54, 1.807) is 36.4 Å². The molecule has 1 heterocycles. The monoisotopic (exact) mass is 434 g/mol. The van der Waals surface area contributed by atoms with Gasteiger partial charge in [0.05, 0.1) is 23.9 Å². The second-order valence-electron chi connectivity index (χ2n) is 6.48. The Hall–Kier alpha value is -2.70. The molecule has 152 valence electrons. The minimum atomic E-state index is -0.543. The van der Waals surface area contributed by atoms with E-state index >= 15 is 0 Å². The highest BCUT2D eigenvalue weighted by atomic mass is 35.5. The Kier molecular flexibility index (Phi) is 6.35. The van der Waals surface area contributed by atoms with Gasteiger partial charge in [0, 0.05) is 5.02 Å². The molecule has 0 unspecified atom stereocenters. The van der Waals surface area contributed by atoms with Gasteiger partial charge in [-0.3, -0.25) is 4.79 Å². The van der Waals surface area contributed by atoms with E-state index in [2.05, 4.69) is 5.32 Å². The topological polar surface area (TPSA) is 67.9 Å². The molecule has 0 spiro atoms. The van der Waals surface area contributed by atoms with Crippen molar-refractivity contribution in [3.05, 3.63) is 57.7 Å². The summed E-state index contributed by atoms with van der Waals surface area (Å²) in [5.74, 6) is 0.401. The van der Waals surface area contributed by atoms with Crippen molar-refractivity contribution in [2.45, 2.75) is 26.4 Å². The number of nitrogens with one attached hydrogen (secondary N) is 1. The highest BCUT2D eigenvalue weighted by Crippen LogP contribution is 2.38. The number of carbonyl (C=O) groups is 2. The maximum Gasteiger partial charge on any atom is 0.333 e. The molecule has 3 amide bonds. The number of imide groups is 1. The molecule has 29 heavy (non-hydrogen) atoms. The van der Waals surface area contributed by atoms with E-state index in [-0.39, 0.29) is 11.8 Å². The van der Waals surface area contributed by atoms with Gasteiger partial charge in [0.2, 0.25) is 0 Å². The van der Waals surface area contributed by atoms with Crippen LogP contribution in [0.15, 0.2) is 42.1 Å². The zero-order valence-electron chi connectivity index (χ0n) is 16.2. The Morgan fingerprint density at radius 2 is 1.86 bits per heavy atom. The molecule has 6 nitrogen and oxygen atoms in total. The molecule has 0 radical (unpaired) electrons. The zero-order valence-corrected chi connectivity index (χ0v) is 17.7. The molecule has 0 saturated carbocycles. The molecule has 0 bridgehead atoms. The lowest BCUT2D eigenvalue weighted by Gasteiger charge is -2.17. The van der Waals surface area contributed by atoms with Gasteiger partial charge in [-0.2, -0.15) is 0 Å². The van der Waals surface area contributed by atoms with Gasteiger partial charge >= 0.3 is 6.03 Å². The molecule has 1 aliphatic heterocycles. The van der Waals surface area contributed by atoms with Crippen molar-refractivity contribution in [2.24, 2.45) is 0 Å². The van der Waals surface area contributed by atoms with E-state index < -0.39 is 11.9 Å². The molecule has 3 rings (SSSR count). The van der Waals surface area contributed by atoms with E-state index in [0.717, 1.165) is 11.3 Å². The summed E-state index contributed by atoms with van der Waals surface area (Å²) >= 11 is 12.2. The molecule has 1 N–H and O–H groups in total. The van der Waals surface area contributed by atoms with Gasteiger partial charge in [0.1, 0.15) is 5.70 Å². The summed E-state index contributed by atoms with van der Waals surface area (Å²) in [5.41, 5.74) is 1.14. The van der Waals surface area contributed by atoms with Crippen molar-refractivity contribution in [3.63, 3.8) is 0 Å². The van der Waals surface area contributed by atoms with E-state index in [1.807, 2.05) is 13.8 Å². The molecule has 1 aliphatic rings. The van der Waals surface area contributed by atoms with Crippen molar-refractivity contribution in [1.29, 1.82) is 0 Å². The van der Waals surface area contributed by atoms with Crippen molar-refractivity contribution < 1.29 is 19.1 Å². The minimum Gasteiger partial charge on any atom is -0.493 e. The quantitative estimate of drug-likeness (QED) is 0.496. The minimum absolute atomic E-state index is 0.0331. The third-order valence-electron chi connectivity index (χ3n) is 4.42. The van der Waals surface area contributed by atoms with Gasteiger partial charge in [0.25, 0.3) is 5.91 Å². The lowest BCUT2D eigenvalue weighted by atomic mass is 10.1. The summed E-state index contributed by atoms with van der Waals surface area (Å²) in [5, 5.41) is 3.44. The SMILES string of the molecule is CC[C@H](C)Oc1c(Cl)cc(/C=C2/NC(=O)N(c3ccc(Cl)cc3)C2=O)cc1OC. The highest BCUT2D eigenvalue weighted by Gasteiger charge is 2.34. The van der Waals surface area contributed by atoms with Crippen molar-refractivity contribution in [3.8, 4) is 11.5 Å². The number of carbonyl (C=O) groups excluding carboxylic acids is 2. The lowest BCUT2D eigenvalue weighted by molar-refractivity contribution is -0.113. The number of rotatable bonds is 6. The lowest BCUT2D eigenvalue weighted by Crippen LogP contribution is -2.30. The Labute approximate surface area is 179 Å². The summed E-state index contributed by atoms with van der Waals surface area (Å²) in [7, 11) is 1.51. The second-order valence-corrected chi connectivity index (χ2v) is 7.32. The maximum atomic E-state index is 12.7. The van der Waals surface area contributed by atoms with Crippen LogP contribution < -0.4 is 19.7 Å². The van der Waals surface area contributed by atoms with Gasteiger partial charge in [-0.15, -0.1) is 0 Å². The molecule has 8 heteroatoms. The van der Waals surface area contributed by atoms with Gasteiger partial charge in [-0.1, -0.05) is 30.1 Å². The Bertz CT molecular complexity index is 973. The normalized spacial score (nSPS) is 16.2. The fourth-order valence-corrected chi connectivity index (χ4v) is 3.14. The van der Waals surface area contributed by atoms with Crippen LogP contribution in [-0.4, -0.2) is 25.2 Å². The first-order chi connectivity index (χ1) is 13.8. The third kappa shape index (κ3) is 4.49. The van der Waals surface area contributed by atoms with Crippen LogP contribution in [0.25, 0.3) is 6.08 Å². The molecule has 2 aromatic rings. The Morgan fingerprint density at radius 1 is 1.17 bits per heavy atom. The van der Waals surface area contributed by atoms with Crippen LogP contribution >= 0.6 is 23.2 Å². The van der Waals surface area contributed by atoms with Crippen LogP contribution in [0.1, 0.15) is 25.8 Å². The molecule has 1 saturated heterocycles. The smallest absolute Gasteiger partial charge is 0.333 e. The molecular weight excluding hydrogens is 415 g/mol. The van der Waals surface area contributed by atoms with Gasteiger partial charge in [-0.05, 0) is 61.4 Å². The van der Waals surface area contributed by atoms with Crippen LogP contribution in [-0.2, 0) is 4.79 Å². The first-order valence-electron chi connectivity index (χ1n) is 9.01. The zero-order chi connectivity index (χ0) is 21.1. The molecular formula is C21H20Cl2N2O4. The Balaban J connectivity index is 1.92. The maximum absolute atomic E-state index is 12.7. The van der Waals surface area contributed by atoms with Crippen LogP contribution in [0.2, 0.25) is 10.0 Å². The van der Waals surface area contributed by atoms with Gasteiger partial charge < -0.3 is 14.8 Å². The van der Waals surface area contributed by atoms with E-state index in [9.17, 15) is 9.59 Å². The number of urea groups is 1. The first-order valence-corrected chi connectivity index (χ1v) is 9.76. The summed E-state index contributed by atoms with van der Waals surface area (Å²) < 4.78 is 11.2. The molecule has 1 fully saturated rings.